The molecule has 4 nitrogen and oxygen atoms in total. The van der Waals surface area contributed by atoms with E-state index in [9.17, 15) is 4.79 Å². The van der Waals surface area contributed by atoms with E-state index in [1.165, 1.54) is 0 Å². The molecule has 0 atom stereocenters. The SMILES string of the molecule is Cc1cc(C)n(CCCNC(=O)CCCl)n1. The van der Waals surface area contributed by atoms with Crippen LogP contribution in [-0.2, 0) is 11.3 Å². The molecule has 0 bridgehead atoms. The number of hydrogen-bond acceptors (Lipinski definition) is 2. The fraction of sp³-hybridized carbons (Fsp3) is 0.636. The first-order valence-electron chi connectivity index (χ1n) is 5.47. The van der Waals surface area contributed by atoms with E-state index in [0.717, 1.165) is 24.4 Å². The third kappa shape index (κ3) is 4.23. The Kier molecular flexibility index (Phi) is 5.32. The first kappa shape index (κ1) is 13.0. The highest BCUT2D eigenvalue weighted by Gasteiger charge is 2.01. The minimum Gasteiger partial charge on any atom is -0.356 e. The van der Waals surface area contributed by atoms with Gasteiger partial charge in [0.1, 0.15) is 0 Å². The molecule has 5 heteroatoms. The maximum atomic E-state index is 11.1. The van der Waals surface area contributed by atoms with Gasteiger partial charge in [0, 0.05) is 31.1 Å². The van der Waals surface area contributed by atoms with Gasteiger partial charge in [-0.25, -0.2) is 0 Å². The molecule has 0 spiro atoms. The van der Waals surface area contributed by atoms with Crippen LogP contribution in [0.3, 0.4) is 0 Å². The van der Waals surface area contributed by atoms with E-state index in [2.05, 4.69) is 10.4 Å². The van der Waals surface area contributed by atoms with Crippen LogP contribution in [0.2, 0.25) is 0 Å². The van der Waals surface area contributed by atoms with Gasteiger partial charge < -0.3 is 5.32 Å². The van der Waals surface area contributed by atoms with Crippen molar-refractivity contribution in [2.24, 2.45) is 0 Å². The van der Waals surface area contributed by atoms with Crippen LogP contribution in [0.4, 0.5) is 0 Å². The first-order valence-corrected chi connectivity index (χ1v) is 6.00. The lowest BCUT2D eigenvalue weighted by molar-refractivity contribution is -0.120. The minimum atomic E-state index is 0.0170. The molecule has 16 heavy (non-hydrogen) atoms. The summed E-state index contributed by atoms with van der Waals surface area (Å²) in [5, 5.41) is 7.16. The lowest BCUT2D eigenvalue weighted by atomic mass is 10.3. The Labute approximate surface area is 101 Å². The van der Waals surface area contributed by atoms with Crippen LogP contribution in [0.15, 0.2) is 6.07 Å². The van der Waals surface area contributed by atoms with E-state index in [0.29, 0.717) is 18.8 Å². The zero-order valence-corrected chi connectivity index (χ0v) is 10.5. The number of nitrogens with zero attached hydrogens (tertiary/aromatic N) is 2. The quantitative estimate of drug-likeness (QED) is 0.610. The van der Waals surface area contributed by atoms with E-state index in [1.54, 1.807) is 0 Å². The van der Waals surface area contributed by atoms with Crippen LogP contribution in [0.5, 0.6) is 0 Å². The lowest BCUT2D eigenvalue weighted by Crippen LogP contribution is -2.25. The normalized spacial score (nSPS) is 10.4. The maximum Gasteiger partial charge on any atom is 0.221 e. The topological polar surface area (TPSA) is 46.9 Å². The van der Waals surface area contributed by atoms with Crippen molar-refractivity contribution in [3.8, 4) is 0 Å². The van der Waals surface area contributed by atoms with Gasteiger partial charge >= 0.3 is 0 Å². The van der Waals surface area contributed by atoms with E-state index < -0.39 is 0 Å². The van der Waals surface area contributed by atoms with Crippen molar-refractivity contribution >= 4 is 17.5 Å². The average molecular weight is 244 g/mol. The van der Waals surface area contributed by atoms with Crippen LogP contribution in [0.25, 0.3) is 0 Å². The third-order valence-corrected chi connectivity index (χ3v) is 2.48. The third-order valence-electron chi connectivity index (χ3n) is 2.29. The molecular weight excluding hydrogens is 226 g/mol. The number of hydrogen-bond donors (Lipinski definition) is 1. The number of rotatable bonds is 6. The number of alkyl halides is 1. The Hall–Kier alpha value is -1.03. The highest BCUT2D eigenvalue weighted by Crippen LogP contribution is 2.02. The predicted molar refractivity (Wildman–Crippen MR) is 64.7 cm³/mol. The largest absolute Gasteiger partial charge is 0.356 e. The molecule has 0 saturated carbocycles. The van der Waals surface area contributed by atoms with Crippen LogP contribution in [0, 0.1) is 13.8 Å². The van der Waals surface area contributed by atoms with Gasteiger partial charge in [-0.05, 0) is 26.3 Å². The van der Waals surface area contributed by atoms with E-state index in [-0.39, 0.29) is 5.91 Å². The molecule has 0 aliphatic heterocycles. The first-order chi connectivity index (χ1) is 7.63. The minimum absolute atomic E-state index is 0.0170. The molecule has 0 unspecified atom stereocenters. The van der Waals surface area contributed by atoms with Crippen molar-refractivity contribution < 1.29 is 4.79 Å². The summed E-state index contributed by atoms with van der Waals surface area (Å²) in [6.07, 6.45) is 1.28. The van der Waals surface area contributed by atoms with E-state index in [1.807, 2.05) is 24.6 Å². The van der Waals surface area contributed by atoms with Crippen molar-refractivity contribution in [2.75, 3.05) is 12.4 Å². The van der Waals surface area contributed by atoms with Crippen molar-refractivity contribution in [1.29, 1.82) is 0 Å². The predicted octanol–water partition coefficient (Wildman–Crippen LogP) is 1.64. The Morgan fingerprint density at radius 3 is 2.88 bits per heavy atom. The van der Waals surface area contributed by atoms with Gasteiger partial charge in [0.2, 0.25) is 5.91 Å². The lowest BCUT2D eigenvalue weighted by Gasteiger charge is -2.05. The Morgan fingerprint density at radius 1 is 1.56 bits per heavy atom. The van der Waals surface area contributed by atoms with Crippen LogP contribution in [-0.4, -0.2) is 28.1 Å². The summed E-state index contributed by atoms with van der Waals surface area (Å²) in [5.41, 5.74) is 2.19. The number of halogens is 1. The molecule has 0 aliphatic carbocycles. The summed E-state index contributed by atoms with van der Waals surface area (Å²) in [7, 11) is 0. The van der Waals surface area contributed by atoms with Gasteiger partial charge in [-0.1, -0.05) is 0 Å². The molecule has 0 fully saturated rings. The van der Waals surface area contributed by atoms with E-state index >= 15 is 0 Å². The summed E-state index contributed by atoms with van der Waals surface area (Å²) >= 11 is 5.45. The van der Waals surface area contributed by atoms with Gasteiger partial charge in [0.25, 0.3) is 0 Å². The van der Waals surface area contributed by atoms with Crippen molar-refractivity contribution in [2.45, 2.75) is 33.2 Å². The second kappa shape index (κ2) is 6.53. The van der Waals surface area contributed by atoms with Gasteiger partial charge in [0.15, 0.2) is 0 Å². The fourth-order valence-corrected chi connectivity index (χ4v) is 1.70. The van der Waals surface area contributed by atoms with Gasteiger partial charge in [-0.15, -0.1) is 11.6 Å². The number of aromatic nitrogens is 2. The van der Waals surface area contributed by atoms with Crippen LogP contribution < -0.4 is 5.32 Å². The van der Waals surface area contributed by atoms with Gasteiger partial charge in [-0.2, -0.15) is 5.10 Å². The average Bonchev–Trinajstić information content (AvgIpc) is 2.53. The van der Waals surface area contributed by atoms with Crippen LogP contribution in [0.1, 0.15) is 24.2 Å². The van der Waals surface area contributed by atoms with Crippen LogP contribution >= 0.6 is 11.6 Å². The second-order valence-corrected chi connectivity index (χ2v) is 4.17. The Bertz CT molecular complexity index is 349. The van der Waals surface area contributed by atoms with Gasteiger partial charge in [0.05, 0.1) is 5.69 Å². The highest BCUT2D eigenvalue weighted by atomic mass is 35.5. The zero-order valence-electron chi connectivity index (χ0n) is 9.79. The number of nitrogens with one attached hydrogen (secondary N) is 1. The highest BCUT2D eigenvalue weighted by molar-refractivity contribution is 6.18. The number of aryl methyl sites for hydroxylation is 3. The molecule has 1 heterocycles. The summed E-state index contributed by atoms with van der Waals surface area (Å²) in [6, 6.07) is 2.05. The molecule has 0 aromatic carbocycles. The van der Waals surface area contributed by atoms with Crippen molar-refractivity contribution in [3.05, 3.63) is 17.5 Å². The molecule has 1 N–H and O–H groups in total. The standard InChI is InChI=1S/C11H18ClN3O/c1-9-8-10(2)15(14-9)7-3-6-13-11(16)4-5-12/h8H,3-7H2,1-2H3,(H,13,16). The second-order valence-electron chi connectivity index (χ2n) is 3.79. The maximum absolute atomic E-state index is 11.1. The van der Waals surface area contributed by atoms with Gasteiger partial charge in [-0.3, -0.25) is 9.48 Å². The molecule has 90 valence electrons. The molecule has 0 saturated heterocycles. The number of carbonyl (C=O) groups excluding carboxylic acids is 1. The number of amides is 1. The molecular formula is C11H18ClN3O. The summed E-state index contributed by atoms with van der Waals surface area (Å²) in [6.45, 7) is 5.52. The molecule has 1 aromatic heterocycles. The monoisotopic (exact) mass is 243 g/mol. The molecule has 0 aliphatic rings. The summed E-state index contributed by atoms with van der Waals surface area (Å²) in [4.78, 5) is 11.1. The number of carbonyl (C=O) groups is 1. The summed E-state index contributed by atoms with van der Waals surface area (Å²) < 4.78 is 1.96. The molecule has 0 radical (unpaired) electrons. The smallest absolute Gasteiger partial charge is 0.221 e. The van der Waals surface area contributed by atoms with E-state index in [4.69, 9.17) is 11.6 Å². The molecule has 1 aromatic rings. The van der Waals surface area contributed by atoms with Crippen molar-refractivity contribution in [1.82, 2.24) is 15.1 Å². The molecule has 1 amide bonds. The summed E-state index contributed by atoms with van der Waals surface area (Å²) in [5.74, 6) is 0.395. The Balaban J connectivity index is 2.21. The fourth-order valence-electron chi connectivity index (χ4n) is 1.53. The zero-order chi connectivity index (χ0) is 12.0. The Morgan fingerprint density at radius 2 is 2.31 bits per heavy atom. The molecule has 1 rings (SSSR count). The van der Waals surface area contributed by atoms with Crippen molar-refractivity contribution in [3.63, 3.8) is 0 Å².